The van der Waals surface area contributed by atoms with Gasteiger partial charge in [0, 0.05) is 11.1 Å². The fourth-order valence-electron chi connectivity index (χ4n) is 2.33. The van der Waals surface area contributed by atoms with Crippen molar-refractivity contribution in [2.24, 2.45) is 0 Å². The van der Waals surface area contributed by atoms with Crippen LogP contribution in [-0.4, -0.2) is 24.4 Å². The van der Waals surface area contributed by atoms with Crippen LogP contribution >= 0.6 is 11.3 Å². The summed E-state index contributed by atoms with van der Waals surface area (Å²) in [7, 11) is -0.399. The molecule has 0 saturated carbocycles. The summed E-state index contributed by atoms with van der Waals surface area (Å²) < 4.78 is 12.0. The van der Waals surface area contributed by atoms with Gasteiger partial charge in [-0.05, 0) is 56.7 Å². The molecule has 126 valence electrons. The first kappa shape index (κ1) is 17.0. The molecule has 2 N–H and O–H groups in total. The van der Waals surface area contributed by atoms with Gasteiger partial charge < -0.3 is 19.9 Å². The van der Waals surface area contributed by atoms with Crippen molar-refractivity contribution in [2.45, 2.75) is 38.9 Å². The van der Waals surface area contributed by atoms with Gasteiger partial charge in [-0.2, -0.15) is 11.3 Å². The molecule has 0 radical (unpaired) electrons. The average molecular weight is 344 g/mol. The summed E-state index contributed by atoms with van der Waals surface area (Å²) in [5.41, 5.74) is 1.69. The molecular formula is C17H21BN2O3S. The molecule has 1 aromatic heterocycles. The molecule has 0 unspecified atom stereocenters. The third-order valence-electron chi connectivity index (χ3n) is 4.47. The zero-order valence-electron chi connectivity index (χ0n) is 14.3. The van der Waals surface area contributed by atoms with Gasteiger partial charge in [0.1, 0.15) is 0 Å². The van der Waals surface area contributed by atoms with Gasteiger partial charge >= 0.3 is 13.1 Å². The van der Waals surface area contributed by atoms with Crippen molar-refractivity contribution in [3.05, 3.63) is 41.1 Å². The Balaban J connectivity index is 1.63. The van der Waals surface area contributed by atoms with E-state index in [9.17, 15) is 4.79 Å². The third kappa shape index (κ3) is 3.48. The Bertz CT molecular complexity index is 698. The Hall–Kier alpha value is -1.83. The quantitative estimate of drug-likeness (QED) is 0.835. The average Bonchev–Trinajstić information content (AvgIpc) is 3.06. The van der Waals surface area contributed by atoms with Gasteiger partial charge in [-0.3, -0.25) is 0 Å². The highest BCUT2D eigenvalue weighted by molar-refractivity contribution is 7.08. The van der Waals surface area contributed by atoms with Crippen LogP contribution in [0.1, 0.15) is 27.7 Å². The van der Waals surface area contributed by atoms with Gasteiger partial charge in [0.05, 0.1) is 16.9 Å². The second-order valence-corrected chi connectivity index (χ2v) is 7.58. The van der Waals surface area contributed by atoms with Crippen LogP contribution in [0, 0.1) is 0 Å². The van der Waals surface area contributed by atoms with E-state index in [1.165, 1.54) is 11.3 Å². The number of nitrogens with one attached hydrogen (secondary N) is 2. The van der Waals surface area contributed by atoms with Crippen LogP contribution in [0.2, 0.25) is 0 Å². The van der Waals surface area contributed by atoms with E-state index >= 15 is 0 Å². The number of anilines is 2. The highest BCUT2D eigenvalue weighted by Gasteiger charge is 2.51. The summed E-state index contributed by atoms with van der Waals surface area (Å²) in [5, 5.41) is 9.36. The number of benzene rings is 1. The van der Waals surface area contributed by atoms with E-state index in [4.69, 9.17) is 9.31 Å². The molecular weight excluding hydrogens is 323 g/mol. The van der Waals surface area contributed by atoms with Crippen LogP contribution in [0.15, 0.2) is 41.1 Å². The van der Waals surface area contributed by atoms with Crippen molar-refractivity contribution >= 4 is 41.3 Å². The van der Waals surface area contributed by atoms with Crippen molar-refractivity contribution in [3.8, 4) is 0 Å². The van der Waals surface area contributed by atoms with Crippen LogP contribution in [-0.2, 0) is 9.31 Å². The Morgan fingerprint density at radius 3 is 2.08 bits per heavy atom. The fourth-order valence-corrected chi connectivity index (χ4v) is 2.92. The summed E-state index contributed by atoms with van der Waals surface area (Å²) in [6.07, 6.45) is 0. The molecule has 1 aliphatic heterocycles. The third-order valence-corrected chi connectivity index (χ3v) is 5.16. The van der Waals surface area contributed by atoms with E-state index in [1.54, 1.807) is 0 Å². The summed E-state index contributed by atoms with van der Waals surface area (Å²) in [6.45, 7) is 8.10. The highest BCUT2D eigenvalue weighted by Crippen LogP contribution is 2.36. The molecule has 5 nitrogen and oxygen atoms in total. The second-order valence-electron chi connectivity index (χ2n) is 6.80. The van der Waals surface area contributed by atoms with Gasteiger partial charge in [-0.25, -0.2) is 4.79 Å². The molecule has 1 aromatic carbocycles. The highest BCUT2D eigenvalue weighted by atomic mass is 32.1. The van der Waals surface area contributed by atoms with Crippen molar-refractivity contribution in [2.75, 3.05) is 10.6 Å². The molecule has 0 aliphatic carbocycles. The minimum atomic E-state index is -0.399. The summed E-state index contributed by atoms with van der Waals surface area (Å²) in [5.74, 6) is 0. The van der Waals surface area contributed by atoms with Gasteiger partial charge in [-0.1, -0.05) is 12.1 Å². The predicted molar refractivity (Wildman–Crippen MR) is 99.1 cm³/mol. The molecule has 0 atom stereocenters. The number of carbonyl (C=O) groups is 1. The molecule has 0 bridgehead atoms. The molecule has 2 aromatic rings. The lowest BCUT2D eigenvalue weighted by Gasteiger charge is -2.32. The Kier molecular flexibility index (Phi) is 4.42. The van der Waals surface area contributed by atoms with Crippen LogP contribution in [0.4, 0.5) is 16.2 Å². The molecule has 7 heteroatoms. The first-order chi connectivity index (χ1) is 11.3. The lowest BCUT2D eigenvalue weighted by molar-refractivity contribution is 0.00578. The van der Waals surface area contributed by atoms with Crippen LogP contribution in [0.5, 0.6) is 0 Å². The van der Waals surface area contributed by atoms with Gasteiger partial charge in [0.15, 0.2) is 0 Å². The number of thiophene rings is 1. The smallest absolute Gasteiger partial charge is 0.399 e. The van der Waals surface area contributed by atoms with Gasteiger partial charge in [0.2, 0.25) is 0 Å². The number of urea groups is 1. The molecule has 0 spiro atoms. The van der Waals surface area contributed by atoms with Crippen molar-refractivity contribution in [1.29, 1.82) is 0 Å². The van der Waals surface area contributed by atoms with Gasteiger partial charge in [0.25, 0.3) is 0 Å². The summed E-state index contributed by atoms with van der Waals surface area (Å²) in [6, 6.07) is 9.08. The zero-order chi connectivity index (χ0) is 17.4. The number of rotatable bonds is 3. The van der Waals surface area contributed by atoms with Crippen molar-refractivity contribution in [3.63, 3.8) is 0 Å². The maximum absolute atomic E-state index is 11.9. The summed E-state index contributed by atoms with van der Waals surface area (Å²) >= 11 is 1.53. The minimum absolute atomic E-state index is 0.267. The van der Waals surface area contributed by atoms with Gasteiger partial charge in [-0.15, -0.1) is 0 Å². The van der Waals surface area contributed by atoms with Crippen LogP contribution in [0.3, 0.4) is 0 Å². The maximum Gasteiger partial charge on any atom is 0.494 e. The number of carbonyl (C=O) groups excluding carboxylic acids is 1. The number of hydrogen-bond donors (Lipinski definition) is 2. The molecule has 24 heavy (non-hydrogen) atoms. The molecule has 2 amide bonds. The lowest BCUT2D eigenvalue weighted by atomic mass is 9.79. The SMILES string of the molecule is CC1(C)OB(c2ccc(NC(=O)Nc3ccsc3)cc2)OC1(C)C. The van der Waals surface area contributed by atoms with Crippen molar-refractivity contribution in [1.82, 2.24) is 0 Å². The first-order valence-corrected chi connectivity index (χ1v) is 8.77. The van der Waals surface area contributed by atoms with E-state index in [0.717, 1.165) is 11.2 Å². The summed E-state index contributed by atoms with van der Waals surface area (Å²) in [4.78, 5) is 11.9. The Morgan fingerprint density at radius 1 is 0.958 bits per heavy atom. The normalized spacial score (nSPS) is 18.4. The van der Waals surface area contributed by atoms with Crippen LogP contribution < -0.4 is 16.1 Å². The number of amides is 2. The van der Waals surface area contributed by atoms with Crippen molar-refractivity contribution < 1.29 is 14.1 Å². The first-order valence-electron chi connectivity index (χ1n) is 7.83. The van der Waals surface area contributed by atoms with E-state index in [1.807, 2.05) is 68.8 Å². The van der Waals surface area contributed by atoms with E-state index in [2.05, 4.69) is 10.6 Å². The Labute approximate surface area is 146 Å². The zero-order valence-corrected chi connectivity index (χ0v) is 15.1. The molecule has 1 fully saturated rings. The van der Waals surface area contributed by atoms with Crippen LogP contribution in [0.25, 0.3) is 0 Å². The standard InChI is InChI=1S/C17H21BN2O3S/c1-16(2)17(3,4)23-18(22-16)12-5-7-13(8-6-12)19-15(21)20-14-9-10-24-11-14/h5-11H,1-4H3,(H2,19,20,21). The molecule has 1 saturated heterocycles. The lowest BCUT2D eigenvalue weighted by Crippen LogP contribution is -2.41. The fraction of sp³-hybridized carbons (Fsp3) is 0.353. The predicted octanol–water partition coefficient (Wildman–Crippen LogP) is 3.69. The Morgan fingerprint density at radius 2 is 1.54 bits per heavy atom. The monoisotopic (exact) mass is 344 g/mol. The van der Waals surface area contributed by atoms with E-state index in [-0.39, 0.29) is 17.2 Å². The maximum atomic E-state index is 11.9. The largest absolute Gasteiger partial charge is 0.494 e. The second kappa shape index (κ2) is 6.24. The topological polar surface area (TPSA) is 59.6 Å². The minimum Gasteiger partial charge on any atom is -0.399 e. The number of hydrogen-bond acceptors (Lipinski definition) is 4. The molecule has 1 aliphatic rings. The molecule has 3 rings (SSSR count). The molecule has 2 heterocycles. The van der Waals surface area contributed by atoms with E-state index in [0.29, 0.717) is 5.69 Å². The van der Waals surface area contributed by atoms with E-state index < -0.39 is 7.12 Å².